The molecule has 2 heteroatoms. The number of hydrogen-bond acceptors (Lipinski definition) is 1. The summed E-state index contributed by atoms with van der Waals surface area (Å²) in [5, 5.41) is 3.52. The predicted octanol–water partition coefficient (Wildman–Crippen LogP) is 4.10. The molecular formula is C17H24FN. The first-order chi connectivity index (χ1) is 9.05. The van der Waals surface area contributed by atoms with E-state index in [2.05, 4.69) is 25.2 Å². The van der Waals surface area contributed by atoms with Gasteiger partial charge in [0.25, 0.3) is 0 Å². The third kappa shape index (κ3) is 2.01. The fourth-order valence-corrected chi connectivity index (χ4v) is 4.63. The van der Waals surface area contributed by atoms with E-state index in [0.717, 1.165) is 13.1 Å². The fourth-order valence-electron chi connectivity index (χ4n) is 4.63. The molecule has 2 unspecified atom stereocenters. The zero-order valence-electron chi connectivity index (χ0n) is 12.0. The standard InChI is InChI=1S/C17H24FN/c1-16(2)7-4-8-17(16)9-10-19-12-15(17)13-5-3-6-14(18)11-13/h3,5-6,11,15,19H,4,7-10,12H2,1-2H3. The molecule has 1 spiro atoms. The molecule has 1 aliphatic carbocycles. The maximum Gasteiger partial charge on any atom is 0.123 e. The number of nitrogens with one attached hydrogen (secondary N) is 1. The minimum atomic E-state index is -0.103. The zero-order valence-corrected chi connectivity index (χ0v) is 12.0. The molecule has 1 saturated carbocycles. The highest BCUT2D eigenvalue weighted by atomic mass is 19.1. The van der Waals surface area contributed by atoms with Gasteiger partial charge in [-0.05, 0) is 54.3 Å². The lowest BCUT2D eigenvalue weighted by Gasteiger charge is -2.51. The van der Waals surface area contributed by atoms with Crippen LogP contribution in [0.1, 0.15) is 51.0 Å². The summed E-state index contributed by atoms with van der Waals surface area (Å²) in [7, 11) is 0. The lowest BCUT2D eigenvalue weighted by atomic mass is 9.56. The Morgan fingerprint density at radius 3 is 2.74 bits per heavy atom. The Bertz CT molecular complexity index is 468. The van der Waals surface area contributed by atoms with Crippen LogP contribution in [0.5, 0.6) is 0 Å². The molecule has 1 N–H and O–H groups in total. The van der Waals surface area contributed by atoms with Crippen molar-refractivity contribution in [1.29, 1.82) is 0 Å². The Labute approximate surface area is 115 Å². The van der Waals surface area contributed by atoms with E-state index >= 15 is 0 Å². The van der Waals surface area contributed by atoms with Crippen LogP contribution in [0.4, 0.5) is 4.39 Å². The number of benzene rings is 1. The van der Waals surface area contributed by atoms with Crippen molar-refractivity contribution in [3.05, 3.63) is 35.6 Å². The Hall–Kier alpha value is -0.890. The lowest BCUT2D eigenvalue weighted by molar-refractivity contribution is 0.0418. The summed E-state index contributed by atoms with van der Waals surface area (Å²) in [5.41, 5.74) is 1.90. The third-order valence-electron chi connectivity index (χ3n) is 5.79. The van der Waals surface area contributed by atoms with Gasteiger partial charge in [0.15, 0.2) is 0 Å². The summed E-state index contributed by atoms with van der Waals surface area (Å²) < 4.78 is 13.6. The molecule has 1 aromatic rings. The smallest absolute Gasteiger partial charge is 0.123 e. The van der Waals surface area contributed by atoms with Crippen LogP contribution in [0.2, 0.25) is 0 Å². The van der Waals surface area contributed by atoms with Crippen LogP contribution in [0.15, 0.2) is 24.3 Å². The molecule has 0 aromatic heterocycles. The SMILES string of the molecule is CC1(C)CCCC12CCNCC2c1cccc(F)c1. The largest absolute Gasteiger partial charge is 0.316 e. The Kier molecular flexibility index (Phi) is 3.17. The molecule has 1 saturated heterocycles. The maximum absolute atomic E-state index is 13.6. The summed E-state index contributed by atoms with van der Waals surface area (Å²) in [4.78, 5) is 0. The first kappa shape index (κ1) is 13.1. The molecule has 1 aromatic carbocycles. The summed E-state index contributed by atoms with van der Waals surface area (Å²) in [5.74, 6) is 0.350. The summed E-state index contributed by atoms with van der Waals surface area (Å²) in [6.07, 6.45) is 5.14. The van der Waals surface area contributed by atoms with Crippen molar-refractivity contribution in [2.75, 3.05) is 13.1 Å². The highest BCUT2D eigenvalue weighted by Crippen LogP contribution is 2.62. The van der Waals surface area contributed by atoms with E-state index in [-0.39, 0.29) is 5.82 Å². The number of piperidine rings is 1. The molecule has 19 heavy (non-hydrogen) atoms. The molecule has 0 radical (unpaired) electrons. The van der Waals surface area contributed by atoms with Gasteiger partial charge < -0.3 is 5.32 Å². The van der Waals surface area contributed by atoms with Gasteiger partial charge in [0.1, 0.15) is 5.82 Å². The minimum Gasteiger partial charge on any atom is -0.316 e. The molecule has 1 aliphatic heterocycles. The Morgan fingerprint density at radius 2 is 2.05 bits per heavy atom. The second kappa shape index (κ2) is 4.59. The fraction of sp³-hybridized carbons (Fsp3) is 0.647. The van der Waals surface area contributed by atoms with Gasteiger partial charge >= 0.3 is 0 Å². The van der Waals surface area contributed by atoms with E-state index in [0.29, 0.717) is 16.7 Å². The van der Waals surface area contributed by atoms with Crippen molar-refractivity contribution in [3.8, 4) is 0 Å². The van der Waals surface area contributed by atoms with Crippen molar-refractivity contribution in [2.45, 2.75) is 45.4 Å². The molecule has 2 fully saturated rings. The topological polar surface area (TPSA) is 12.0 Å². The molecule has 0 bridgehead atoms. The molecule has 1 nitrogen and oxygen atoms in total. The van der Waals surface area contributed by atoms with Gasteiger partial charge in [0, 0.05) is 12.5 Å². The maximum atomic E-state index is 13.6. The quantitative estimate of drug-likeness (QED) is 0.802. The summed E-state index contributed by atoms with van der Waals surface area (Å²) >= 11 is 0. The van der Waals surface area contributed by atoms with E-state index in [1.807, 2.05) is 6.07 Å². The number of hydrogen-bond donors (Lipinski definition) is 1. The molecule has 0 amide bonds. The van der Waals surface area contributed by atoms with Crippen LogP contribution in [0, 0.1) is 16.6 Å². The summed E-state index contributed by atoms with van der Waals surface area (Å²) in [6, 6.07) is 7.26. The van der Waals surface area contributed by atoms with E-state index < -0.39 is 0 Å². The van der Waals surface area contributed by atoms with Crippen LogP contribution in [0.3, 0.4) is 0 Å². The van der Waals surface area contributed by atoms with Crippen LogP contribution in [-0.2, 0) is 0 Å². The first-order valence-electron chi connectivity index (χ1n) is 7.51. The molecule has 2 atom stereocenters. The molecule has 104 valence electrons. The van der Waals surface area contributed by atoms with Crippen LogP contribution in [0.25, 0.3) is 0 Å². The van der Waals surface area contributed by atoms with E-state index in [9.17, 15) is 4.39 Å². The Balaban J connectivity index is 2.02. The van der Waals surface area contributed by atoms with Crippen molar-refractivity contribution >= 4 is 0 Å². The Morgan fingerprint density at radius 1 is 1.21 bits per heavy atom. The van der Waals surface area contributed by atoms with Crippen molar-refractivity contribution < 1.29 is 4.39 Å². The summed E-state index contributed by atoms with van der Waals surface area (Å²) in [6.45, 7) is 6.93. The van der Waals surface area contributed by atoms with Gasteiger partial charge in [-0.25, -0.2) is 4.39 Å². The second-order valence-corrected chi connectivity index (χ2v) is 6.96. The average Bonchev–Trinajstić information content (AvgIpc) is 2.66. The highest BCUT2D eigenvalue weighted by molar-refractivity contribution is 5.27. The average molecular weight is 261 g/mol. The normalized spacial score (nSPS) is 33.7. The van der Waals surface area contributed by atoms with Crippen LogP contribution in [-0.4, -0.2) is 13.1 Å². The van der Waals surface area contributed by atoms with Crippen molar-refractivity contribution in [1.82, 2.24) is 5.32 Å². The van der Waals surface area contributed by atoms with Gasteiger partial charge in [-0.3, -0.25) is 0 Å². The van der Waals surface area contributed by atoms with Gasteiger partial charge in [0.2, 0.25) is 0 Å². The molecular weight excluding hydrogens is 237 g/mol. The highest BCUT2D eigenvalue weighted by Gasteiger charge is 2.54. The van der Waals surface area contributed by atoms with Crippen LogP contribution < -0.4 is 5.32 Å². The van der Waals surface area contributed by atoms with Crippen LogP contribution >= 0.6 is 0 Å². The van der Waals surface area contributed by atoms with E-state index in [1.54, 1.807) is 12.1 Å². The van der Waals surface area contributed by atoms with E-state index in [4.69, 9.17) is 0 Å². The zero-order chi connectivity index (χ0) is 13.5. The first-order valence-corrected chi connectivity index (χ1v) is 7.51. The van der Waals surface area contributed by atoms with Gasteiger partial charge in [-0.1, -0.05) is 32.4 Å². The van der Waals surface area contributed by atoms with Gasteiger partial charge in [0.05, 0.1) is 0 Å². The molecule has 1 heterocycles. The van der Waals surface area contributed by atoms with Gasteiger partial charge in [-0.15, -0.1) is 0 Å². The lowest BCUT2D eigenvalue weighted by Crippen LogP contribution is -2.48. The van der Waals surface area contributed by atoms with E-state index in [1.165, 1.54) is 31.2 Å². The van der Waals surface area contributed by atoms with Crippen molar-refractivity contribution in [2.24, 2.45) is 10.8 Å². The third-order valence-corrected chi connectivity index (χ3v) is 5.79. The molecule has 3 rings (SSSR count). The van der Waals surface area contributed by atoms with Crippen molar-refractivity contribution in [3.63, 3.8) is 0 Å². The minimum absolute atomic E-state index is 0.103. The number of rotatable bonds is 1. The molecule has 2 aliphatic rings. The number of halogens is 1. The predicted molar refractivity (Wildman–Crippen MR) is 76.7 cm³/mol. The second-order valence-electron chi connectivity index (χ2n) is 6.96. The monoisotopic (exact) mass is 261 g/mol. The van der Waals surface area contributed by atoms with Gasteiger partial charge in [-0.2, -0.15) is 0 Å².